The third-order valence-electron chi connectivity index (χ3n) is 4.07. The molecule has 0 fully saturated rings. The highest BCUT2D eigenvalue weighted by Crippen LogP contribution is 2.29. The van der Waals surface area contributed by atoms with E-state index in [1.54, 1.807) is 48.7 Å². The van der Waals surface area contributed by atoms with Crippen molar-refractivity contribution < 1.29 is 4.39 Å². The first kappa shape index (κ1) is 19.9. The number of allylic oxidation sites excluding steroid dienone is 7. The van der Waals surface area contributed by atoms with E-state index in [0.29, 0.717) is 22.4 Å². The number of hydrogen-bond acceptors (Lipinski definition) is 3. The molecule has 0 amide bonds. The molecule has 0 atom stereocenters. The Morgan fingerprint density at radius 2 is 1.81 bits per heavy atom. The molecule has 1 heterocycles. The van der Waals surface area contributed by atoms with Crippen molar-refractivity contribution >= 4 is 17.3 Å². The Labute approximate surface area is 159 Å². The summed E-state index contributed by atoms with van der Waals surface area (Å²) in [7, 11) is 0. The first-order valence-electron chi connectivity index (χ1n) is 8.52. The van der Waals surface area contributed by atoms with Crippen molar-refractivity contribution in [2.24, 2.45) is 0 Å². The van der Waals surface area contributed by atoms with Crippen LogP contribution in [0.1, 0.15) is 23.7 Å². The van der Waals surface area contributed by atoms with Crippen LogP contribution in [-0.2, 0) is 0 Å². The highest BCUT2D eigenvalue weighted by atomic mass is 19.1. The topological polar surface area (TPSA) is 60.6 Å². The molecule has 2 aromatic rings. The summed E-state index contributed by atoms with van der Waals surface area (Å²) in [6, 6.07) is 12.5. The van der Waals surface area contributed by atoms with E-state index in [9.17, 15) is 4.39 Å². The smallest absolute Gasteiger partial charge is 0.215 e. The first-order valence-corrected chi connectivity index (χ1v) is 8.52. The van der Waals surface area contributed by atoms with E-state index >= 15 is 0 Å². The summed E-state index contributed by atoms with van der Waals surface area (Å²) in [5, 5.41) is 16.6. The lowest BCUT2D eigenvalue weighted by Gasteiger charge is -2.17. The number of hydrogen-bond donors (Lipinski definition) is 2. The predicted molar refractivity (Wildman–Crippen MR) is 111 cm³/mol. The van der Waals surface area contributed by atoms with Gasteiger partial charge in [0.25, 0.3) is 0 Å². The zero-order chi connectivity index (χ0) is 19.8. The number of halogens is 1. The van der Waals surface area contributed by atoms with Crippen LogP contribution < -0.4 is 0 Å². The standard InChI is InChI=1S/C23H22FN3/c1-4-6-12-17(5-2)20(22(25)18-13-8-7-11-16(18)3)21(23(24)26)19-14-9-10-15-27-19/h4-15,25-26H,1H2,2-3H3/b12-6-,17-5+,21-20-,25-22?,26-23?. The Balaban J connectivity index is 2.85. The van der Waals surface area contributed by atoms with Crippen molar-refractivity contribution in [3.05, 3.63) is 108 Å². The van der Waals surface area contributed by atoms with Crippen LogP contribution in [0.4, 0.5) is 4.39 Å². The Hall–Kier alpha value is -3.40. The molecule has 2 N–H and O–H groups in total. The highest BCUT2D eigenvalue weighted by Gasteiger charge is 2.22. The Bertz CT molecular complexity index is 951. The van der Waals surface area contributed by atoms with Crippen LogP contribution in [0.3, 0.4) is 0 Å². The summed E-state index contributed by atoms with van der Waals surface area (Å²) in [5.74, 6) is -1.13. The van der Waals surface area contributed by atoms with Gasteiger partial charge in [0.2, 0.25) is 5.97 Å². The molecule has 0 bridgehead atoms. The molecule has 0 aliphatic carbocycles. The van der Waals surface area contributed by atoms with Gasteiger partial charge in [0.1, 0.15) is 0 Å². The van der Waals surface area contributed by atoms with Gasteiger partial charge in [-0.15, -0.1) is 0 Å². The average molecular weight is 359 g/mol. The van der Waals surface area contributed by atoms with Crippen molar-refractivity contribution in [1.82, 2.24) is 4.98 Å². The minimum Gasteiger partial charge on any atom is -0.300 e. The molecule has 0 saturated carbocycles. The summed E-state index contributed by atoms with van der Waals surface area (Å²) < 4.78 is 14.4. The van der Waals surface area contributed by atoms with Crippen LogP contribution in [-0.4, -0.2) is 16.7 Å². The number of aryl methyl sites for hydroxylation is 1. The fourth-order valence-corrected chi connectivity index (χ4v) is 2.76. The van der Waals surface area contributed by atoms with Crippen LogP contribution in [0.2, 0.25) is 0 Å². The van der Waals surface area contributed by atoms with Gasteiger partial charge in [-0.2, -0.15) is 4.39 Å². The third-order valence-corrected chi connectivity index (χ3v) is 4.07. The van der Waals surface area contributed by atoms with Gasteiger partial charge in [-0.05, 0) is 37.1 Å². The number of nitrogens with zero attached hydrogens (tertiary/aromatic N) is 1. The largest absolute Gasteiger partial charge is 0.300 e. The highest BCUT2D eigenvalue weighted by molar-refractivity contribution is 6.30. The average Bonchev–Trinajstić information content (AvgIpc) is 2.68. The van der Waals surface area contributed by atoms with Gasteiger partial charge in [-0.3, -0.25) is 15.8 Å². The lowest BCUT2D eigenvalue weighted by molar-refractivity contribution is 0.806. The quantitative estimate of drug-likeness (QED) is 0.473. The Morgan fingerprint density at radius 3 is 2.37 bits per heavy atom. The van der Waals surface area contributed by atoms with Gasteiger partial charge < -0.3 is 0 Å². The molecule has 0 radical (unpaired) electrons. The summed E-state index contributed by atoms with van der Waals surface area (Å²) in [5.41, 5.74) is 2.94. The summed E-state index contributed by atoms with van der Waals surface area (Å²) in [6.45, 7) is 7.38. The Kier molecular flexibility index (Phi) is 6.89. The minimum absolute atomic E-state index is 0.00864. The molecule has 4 heteroatoms. The van der Waals surface area contributed by atoms with Crippen molar-refractivity contribution in [3.8, 4) is 0 Å². The van der Waals surface area contributed by atoms with Gasteiger partial charge in [0.15, 0.2) is 0 Å². The van der Waals surface area contributed by atoms with Gasteiger partial charge in [-0.1, -0.05) is 61.2 Å². The molecule has 0 saturated heterocycles. The van der Waals surface area contributed by atoms with Crippen LogP contribution >= 0.6 is 0 Å². The van der Waals surface area contributed by atoms with Gasteiger partial charge in [-0.25, -0.2) is 0 Å². The van der Waals surface area contributed by atoms with E-state index in [1.807, 2.05) is 38.1 Å². The van der Waals surface area contributed by atoms with Crippen molar-refractivity contribution in [1.29, 1.82) is 10.8 Å². The number of benzene rings is 1. The molecular weight excluding hydrogens is 337 g/mol. The summed E-state index contributed by atoms with van der Waals surface area (Å²) >= 11 is 0. The molecule has 0 spiro atoms. The van der Waals surface area contributed by atoms with E-state index in [2.05, 4.69) is 11.6 Å². The van der Waals surface area contributed by atoms with E-state index in [1.165, 1.54) is 0 Å². The Morgan fingerprint density at radius 1 is 1.11 bits per heavy atom. The monoisotopic (exact) mass is 359 g/mol. The van der Waals surface area contributed by atoms with Gasteiger partial charge >= 0.3 is 0 Å². The molecule has 0 aliphatic rings. The van der Waals surface area contributed by atoms with Crippen LogP contribution in [0.15, 0.2) is 90.7 Å². The van der Waals surface area contributed by atoms with E-state index in [4.69, 9.17) is 10.8 Å². The molecule has 0 unspecified atom stereocenters. The second-order valence-electron chi connectivity index (χ2n) is 5.81. The maximum absolute atomic E-state index is 14.4. The second-order valence-corrected chi connectivity index (χ2v) is 5.81. The molecule has 2 rings (SSSR count). The molecule has 1 aromatic heterocycles. The number of rotatable bonds is 7. The van der Waals surface area contributed by atoms with Crippen LogP contribution in [0, 0.1) is 17.7 Å². The minimum atomic E-state index is -1.13. The zero-order valence-corrected chi connectivity index (χ0v) is 15.5. The van der Waals surface area contributed by atoms with Crippen molar-refractivity contribution in [2.75, 3.05) is 0 Å². The van der Waals surface area contributed by atoms with Crippen molar-refractivity contribution in [3.63, 3.8) is 0 Å². The second kappa shape index (κ2) is 9.34. The molecule has 3 nitrogen and oxygen atoms in total. The fourth-order valence-electron chi connectivity index (χ4n) is 2.76. The molecule has 27 heavy (non-hydrogen) atoms. The summed E-state index contributed by atoms with van der Waals surface area (Å²) in [6.07, 6.45) is 8.41. The third kappa shape index (κ3) is 4.61. The predicted octanol–water partition coefficient (Wildman–Crippen LogP) is 5.85. The van der Waals surface area contributed by atoms with Crippen LogP contribution in [0.25, 0.3) is 5.57 Å². The SMILES string of the molecule is C=C\C=C/C(=C\C)C(/C(=N)c1ccccc1C)=C(/C(=N)F)c1ccccn1. The van der Waals surface area contributed by atoms with E-state index in [0.717, 1.165) is 5.56 Å². The number of aromatic nitrogens is 1. The molecule has 0 aliphatic heterocycles. The summed E-state index contributed by atoms with van der Waals surface area (Å²) in [4.78, 5) is 4.21. The van der Waals surface area contributed by atoms with Gasteiger partial charge in [0, 0.05) is 17.3 Å². The van der Waals surface area contributed by atoms with E-state index < -0.39 is 5.97 Å². The van der Waals surface area contributed by atoms with Crippen LogP contribution in [0.5, 0.6) is 0 Å². The number of nitrogens with one attached hydrogen (secondary N) is 2. The fraction of sp³-hybridized carbons (Fsp3) is 0.0870. The molecule has 1 aromatic carbocycles. The lowest BCUT2D eigenvalue weighted by Crippen LogP contribution is -2.13. The molecule has 136 valence electrons. The molecular formula is C23H22FN3. The maximum atomic E-state index is 14.4. The zero-order valence-electron chi connectivity index (χ0n) is 15.5. The van der Waals surface area contributed by atoms with E-state index in [-0.39, 0.29) is 11.3 Å². The normalized spacial score (nSPS) is 12.6. The van der Waals surface area contributed by atoms with Crippen molar-refractivity contribution in [2.45, 2.75) is 13.8 Å². The number of pyridine rings is 1. The first-order chi connectivity index (χ1) is 13.0. The van der Waals surface area contributed by atoms with Gasteiger partial charge in [0.05, 0.1) is 17.0 Å². The lowest BCUT2D eigenvalue weighted by atomic mass is 9.88. The maximum Gasteiger partial charge on any atom is 0.215 e.